The van der Waals surface area contributed by atoms with E-state index in [2.05, 4.69) is 14.2 Å². The Balaban J connectivity index is 0.000000211. The zero-order valence-electron chi connectivity index (χ0n) is 29.6. The van der Waals surface area contributed by atoms with Crippen LogP contribution in [0.25, 0.3) is 22.3 Å². The highest BCUT2D eigenvalue weighted by molar-refractivity contribution is 5.86. The van der Waals surface area contributed by atoms with Crippen molar-refractivity contribution < 1.29 is 64.8 Å². The van der Waals surface area contributed by atoms with Crippen LogP contribution in [-0.4, -0.2) is 37.4 Å². The number of carbonyl (C=O) groups excluding carboxylic acids is 1. The SMILES string of the molecule is COC(=O)c1cc(COc2ccc(-c3ccc(OC(F)F)cc3)cc2)c(C)o1.Cc1oc(C(=O)O)cc1COc1ccc(-c2ccc(OC(F)F)cc2)cc1. The van der Waals surface area contributed by atoms with E-state index in [9.17, 15) is 27.2 Å². The molecule has 6 rings (SSSR count). The van der Waals surface area contributed by atoms with Gasteiger partial charge in [0, 0.05) is 11.1 Å². The van der Waals surface area contributed by atoms with E-state index in [1.165, 1.54) is 37.4 Å². The number of esters is 1. The van der Waals surface area contributed by atoms with E-state index in [-0.39, 0.29) is 36.2 Å². The molecule has 286 valence electrons. The lowest BCUT2D eigenvalue weighted by Gasteiger charge is -2.08. The predicted octanol–water partition coefficient (Wildman–Crippen LogP) is 10.4. The third-order valence-corrected chi connectivity index (χ3v) is 7.96. The Bertz CT molecular complexity index is 2160. The summed E-state index contributed by atoms with van der Waals surface area (Å²) >= 11 is 0. The van der Waals surface area contributed by atoms with Crippen molar-refractivity contribution in [3.05, 3.63) is 143 Å². The summed E-state index contributed by atoms with van der Waals surface area (Å²) in [6.07, 6.45) is 0. The third-order valence-electron chi connectivity index (χ3n) is 7.96. The number of methoxy groups -OCH3 is 1. The van der Waals surface area contributed by atoms with Gasteiger partial charge in [0.15, 0.2) is 0 Å². The van der Waals surface area contributed by atoms with Crippen LogP contribution in [0.3, 0.4) is 0 Å². The number of carbonyl (C=O) groups is 2. The summed E-state index contributed by atoms with van der Waals surface area (Å²) in [6.45, 7) is -1.85. The number of rotatable bonds is 14. The molecule has 0 saturated carbocycles. The van der Waals surface area contributed by atoms with Crippen molar-refractivity contribution in [2.24, 2.45) is 0 Å². The van der Waals surface area contributed by atoms with Gasteiger partial charge in [-0.2, -0.15) is 17.6 Å². The highest BCUT2D eigenvalue weighted by Crippen LogP contribution is 2.28. The number of ether oxygens (including phenoxy) is 5. The molecule has 0 aliphatic carbocycles. The molecule has 0 aliphatic heterocycles. The number of aryl methyl sites for hydroxylation is 2. The molecule has 6 aromatic rings. The molecule has 0 bridgehead atoms. The fourth-order valence-corrected chi connectivity index (χ4v) is 5.10. The topological polar surface area (TPSA) is 127 Å². The number of carboxylic acid groups (broad SMARTS) is 1. The van der Waals surface area contributed by atoms with Crippen molar-refractivity contribution in [2.75, 3.05) is 7.11 Å². The van der Waals surface area contributed by atoms with Crippen molar-refractivity contribution in [3.8, 4) is 45.3 Å². The van der Waals surface area contributed by atoms with Crippen LogP contribution in [-0.2, 0) is 18.0 Å². The summed E-state index contributed by atoms with van der Waals surface area (Å²) in [6, 6.07) is 30.3. The standard InChI is InChI=1S/C21H18F2O5.C20H16F2O5/c1-13-16(11-19(27-13)20(24)25-2)12-26-17-7-3-14(4-8-17)15-5-9-18(10-6-15)28-21(22)23;1-12-15(10-18(26-12)19(23)24)11-25-16-6-2-13(3-7-16)14-4-8-17(9-5-14)27-20(21)22/h3-11,21H,12H2,1-2H3;2-10,20H,11H2,1H3,(H,23,24). The first-order valence-corrected chi connectivity index (χ1v) is 16.4. The Morgan fingerprint density at radius 2 is 0.891 bits per heavy atom. The largest absolute Gasteiger partial charge is 0.489 e. The highest BCUT2D eigenvalue weighted by atomic mass is 19.3. The van der Waals surface area contributed by atoms with Crippen LogP contribution in [0.4, 0.5) is 17.6 Å². The van der Waals surface area contributed by atoms with Crippen LogP contribution in [0.2, 0.25) is 0 Å². The summed E-state index contributed by atoms with van der Waals surface area (Å²) in [7, 11) is 1.29. The molecular weight excluding hydrogens is 728 g/mol. The number of furan rings is 2. The van der Waals surface area contributed by atoms with Crippen molar-refractivity contribution in [1.82, 2.24) is 0 Å². The second-order valence-electron chi connectivity index (χ2n) is 11.6. The number of aromatic carboxylic acids is 1. The van der Waals surface area contributed by atoms with Gasteiger partial charge in [-0.05, 0) is 96.8 Å². The van der Waals surface area contributed by atoms with Gasteiger partial charge in [-0.15, -0.1) is 0 Å². The van der Waals surface area contributed by atoms with E-state index in [0.29, 0.717) is 28.6 Å². The molecule has 4 aromatic carbocycles. The summed E-state index contributed by atoms with van der Waals surface area (Å²) in [5, 5.41) is 8.93. The molecule has 55 heavy (non-hydrogen) atoms. The van der Waals surface area contributed by atoms with Gasteiger partial charge in [0.05, 0.1) is 7.11 Å². The van der Waals surface area contributed by atoms with Crippen molar-refractivity contribution in [1.29, 1.82) is 0 Å². The summed E-state index contributed by atoms with van der Waals surface area (Å²) in [5.41, 5.74) is 4.91. The number of carboxylic acids is 1. The van der Waals surface area contributed by atoms with E-state index in [0.717, 1.165) is 27.8 Å². The smallest absolute Gasteiger partial charge is 0.387 e. The van der Waals surface area contributed by atoms with Gasteiger partial charge in [0.25, 0.3) is 0 Å². The minimum absolute atomic E-state index is 0.102. The summed E-state index contributed by atoms with van der Waals surface area (Å²) < 4.78 is 84.0. The molecule has 1 N–H and O–H groups in total. The van der Waals surface area contributed by atoms with Crippen LogP contribution >= 0.6 is 0 Å². The van der Waals surface area contributed by atoms with Gasteiger partial charge in [-0.25, -0.2) is 9.59 Å². The zero-order chi connectivity index (χ0) is 39.5. The van der Waals surface area contributed by atoms with E-state index in [1.54, 1.807) is 68.4 Å². The minimum Gasteiger partial charge on any atom is -0.489 e. The minimum atomic E-state index is -2.85. The van der Waals surface area contributed by atoms with Gasteiger partial charge in [0.1, 0.15) is 47.7 Å². The van der Waals surface area contributed by atoms with Gasteiger partial charge >= 0.3 is 25.2 Å². The van der Waals surface area contributed by atoms with E-state index < -0.39 is 25.2 Å². The first-order chi connectivity index (χ1) is 26.4. The molecule has 2 heterocycles. The monoisotopic (exact) mass is 762 g/mol. The number of alkyl halides is 4. The average molecular weight is 763 g/mol. The number of hydrogen-bond donors (Lipinski definition) is 1. The molecule has 0 spiro atoms. The maximum absolute atomic E-state index is 12.2. The van der Waals surface area contributed by atoms with Crippen LogP contribution in [0.5, 0.6) is 23.0 Å². The Labute approximate surface area is 312 Å². The van der Waals surface area contributed by atoms with E-state index in [1.807, 2.05) is 24.3 Å². The zero-order valence-corrected chi connectivity index (χ0v) is 29.6. The average Bonchev–Trinajstić information content (AvgIpc) is 3.75. The number of halogens is 4. The molecule has 0 radical (unpaired) electrons. The molecule has 0 fully saturated rings. The highest BCUT2D eigenvalue weighted by Gasteiger charge is 2.16. The maximum atomic E-state index is 12.2. The molecular formula is C41H34F4O10. The molecule has 10 nitrogen and oxygen atoms in total. The van der Waals surface area contributed by atoms with Gasteiger partial charge in [-0.1, -0.05) is 48.5 Å². The van der Waals surface area contributed by atoms with E-state index >= 15 is 0 Å². The molecule has 0 aliphatic rings. The molecule has 0 atom stereocenters. The second-order valence-corrected chi connectivity index (χ2v) is 11.6. The Kier molecular flexibility index (Phi) is 13.2. The predicted molar refractivity (Wildman–Crippen MR) is 191 cm³/mol. The van der Waals surface area contributed by atoms with Crippen LogP contribution < -0.4 is 18.9 Å². The molecule has 2 aromatic heterocycles. The fourth-order valence-electron chi connectivity index (χ4n) is 5.10. The first-order valence-electron chi connectivity index (χ1n) is 16.4. The van der Waals surface area contributed by atoms with Crippen molar-refractivity contribution in [2.45, 2.75) is 40.3 Å². The normalized spacial score (nSPS) is 10.8. The Morgan fingerprint density at radius 3 is 1.20 bits per heavy atom. The lowest BCUT2D eigenvalue weighted by atomic mass is 10.1. The number of hydrogen-bond acceptors (Lipinski definition) is 9. The van der Waals surface area contributed by atoms with Crippen molar-refractivity contribution in [3.63, 3.8) is 0 Å². The Morgan fingerprint density at radius 1 is 0.564 bits per heavy atom. The quantitative estimate of drug-likeness (QED) is 0.0846. The summed E-state index contributed by atoms with van der Waals surface area (Å²) in [5.74, 6) is 0.885. The fraction of sp³-hybridized carbons (Fsp3) is 0.171. The molecule has 0 saturated heterocycles. The number of benzene rings is 4. The lowest BCUT2D eigenvalue weighted by molar-refractivity contribution is -0.0505. The van der Waals surface area contributed by atoms with Gasteiger partial charge < -0.3 is 37.6 Å². The maximum Gasteiger partial charge on any atom is 0.387 e. The Hall–Kier alpha value is -6.70. The van der Waals surface area contributed by atoms with Crippen LogP contribution in [0.1, 0.15) is 43.8 Å². The van der Waals surface area contributed by atoms with Crippen LogP contribution in [0.15, 0.2) is 118 Å². The first kappa shape index (κ1) is 39.5. The molecule has 14 heteroatoms. The van der Waals surface area contributed by atoms with Gasteiger partial charge in [-0.3, -0.25) is 0 Å². The van der Waals surface area contributed by atoms with Crippen LogP contribution in [0, 0.1) is 13.8 Å². The third kappa shape index (κ3) is 11.2. The van der Waals surface area contributed by atoms with E-state index in [4.69, 9.17) is 23.4 Å². The van der Waals surface area contributed by atoms with Crippen molar-refractivity contribution >= 4 is 11.9 Å². The second kappa shape index (κ2) is 18.4. The molecule has 0 amide bonds. The summed E-state index contributed by atoms with van der Waals surface area (Å²) in [4.78, 5) is 22.4. The lowest BCUT2D eigenvalue weighted by Crippen LogP contribution is -2.01. The van der Waals surface area contributed by atoms with Gasteiger partial charge in [0.2, 0.25) is 11.5 Å². The molecule has 0 unspecified atom stereocenters.